The molecular formula is C20H17ClF6N6O. The number of nitrogens with one attached hydrogen (secondary N) is 1. The Labute approximate surface area is 193 Å². The molecule has 0 spiro atoms. The Morgan fingerprint density at radius 1 is 1.18 bits per heavy atom. The number of aromatic amines is 1. The van der Waals surface area contributed by atoms with E-state index in [0.717, 1.165) is 10.9 Å². The second-order valence-electron chi connectivity index (χ2n) is 7.98. The number of rotatable bonds is 4. The summed E-state index contributed by atoms with van der Waals surface area (Å²) in [5.41, 5.74) is 7.37. The van der Waals surface area contributed by atoms with Crippen LogP contribution in [0.15, 0.2) is 18.2 Å². The molecule has 0 fully saturated rings. The van der Waals surface area contributed by atoms with Crippen LogP contribution in [0.4, 0.5) is 32.3 Å². The van der Waals surface area contributed by atoms with Gasteiger partial charge in [-0.2, -0.15) is 36.3 Å². The summed E-state index contributed by atoms with van der Waals surface area (Å²) < 4.78 is 79.9. The highest BCUT2D eigenvalue weighted by Crippen LogP contribution is 2.41. The molecule has 3 N–H and O–H groups in total. The summed E-state index contributed by atoms with van der Waals surface area (Å²) in [7, 11) is 0. The molecule has 0 bridgehead atoms. The van der Waals surface area contributed by atoms with E-state index >= 15 is 0 Å². The summed E-state index contributed by atoms with van der Waals surface area (Å²) in [6.07, 6.45) is -10.2. The number of benzene rings is 1. The minimum atomic E-state index is -5.23. The van der Waals surface area contributed by atoms with Gasteiger partial charge >= 0.3 is 12.4 Å². The molecule has 1 unspecified atom stereocenters. The first-order valence-corrected chi connectivity index (χ1v) is 10.4. The minimum Gasteiger partial charge on any atom is -0.369 e. The molecule has 0 saturated heterocycles. The lowest BCUT2D eigenvalue weighted by atomic mass is 9.91. The number of hydrogen-bond donors (Lipinski definition) is 2. The van der Waals surface area contributed by atoms with Crippen molar-refractivity contribution in [1.29, 1.82) is 0 Å². The van der Waals surface area contributed by atoms with Crippen LogP contribution in [0.25, 0.3) is 10.9 Å². The Morgan fingerprint density at radius 2 is 1.79 bits per heavy atom. The fraction of sp³-hybridized carbons (Fsp3) is 0.400. The monoisotopic (exact) mass is 506 g/mol. The van der Waals surface area contributed by atoms with E-state index in [4.69, 9.17) is 17.3 Å². The van der Waals surface area contributed by atoms with Gasteiger partial charge in [0.05, 0.1) is 6.04 Å². The van der Waals surface area contributed by atoms with Gasteiger partial charge in [-0.3, -0.25) is 4.79 Å². The number of hydrogen-bond acceptors (Lipinski definition) is 5. The van der Waals surface area contributed by atoms with Gasteiger partial charge in [-0.25, -0.2) is 4.98 Å². The lowest BCUT2D eigenvalue weighted by molar-refractivity contribution is -0.155. The molecule has 182 valence electrons. The zero-order valence-corrected chi connectivity index (χ0v) is 18.2. The smallest absolute Gasteiger partial charge is 0.369 e. The molecule has 2 aromatic heterocycles. The van der Waals surface area contributed by atoms with Crippen LogP contribution in [0.1, 0.15) is 42.3 Å². The number of anilines is 1. The SMILES string of the molecule is C[C@H](CC1c2[nH]c3ccc(Cl)cc3c2CCN1c1nc(C(F)(F)F)nc(C(F)(F)F)n1)C(N)=O. The van der Waals surface area contributed by atoms with Crippen molar-refractivity contribution >= 4 is 34.4 Å². The molecule has 2 atom stereocenters. The number of nitrogens with zero attached hydrogens (tertiary/aromatic N) is 4. The van der Waals surface area contributed by atoms with Gasteiger partial charge in [0.1, 0.15) is 0 Å². The third-order valence-electron chi connectivity index (χ3n) is 5.66. The molecule has 7 nitrogen and oxygen atoms in total. The first-order valence-electron chi connectivity index (χ1n) is 10.0. The van der Waals surface area contributed by atoms with E-state index in [9.17, 15) is 31.1 Å². The van der Waals surface area contributed by atoms with Crippen LogP contribution >= 0.6 is 11.6 Å². The molecule has 4 rings (SSSR count). The van der Waals surface area contributed by atoms with Gasteiger partial charge in [0.2, 0.25) is 23.5 Å². The average Bonchev–Trinajstić information content (AvgIpc) is 3.10. The van der Waals surface area contributed by atoms with Gasteiger partial charge < -0.3 is 15.6 Å². The van der Waals surface area contributed by atoms with Crippen LogP contribution in [0.5, 0.6) is 0 Å². The zero-order chi connectivity index (χ0) is 25.0. The molecular weight excluding hydrogens is 490 g/mol. The van der Waals surface area contributed by atoms with Crippen molar-refractivity contribution < 1.29 is 31.1 Å². The summed E-state index contributed by atoms with van der Waals surface area (Å²) in [4.78, 5) is 25.3. The molecule has 3 heterocycles. The fourth-order valence-electron chi connectivity index (χ4n) is 4.02. The van der Waals surface area contributed by atoms with Crippen LogP contribution < -0.4 is 10.6 Å². The number of H-pyrrole nitrogens is 1. The summed E-state index contributed by atoms with van der Waals surface area (Å²) in [5.74, 6) is -6.13. The predicted octanol–water partition coefficient (Wildman–Crippen LogP) is 4.66. The highest BCUT2D eigenvalue weighted by atomic mass is 35.5. The number of nitrogens with two attached hydrogens (primary N) is 1. The number of carbonyl (C=O) groups excluding carboxylic acids is 1. The van der Waals surface area contributed by atoms with E-state index in [1.807, 2.05) is 0 Å². The molecule has 1 aliphatic heterocycles. The third-order valence-corrected chi connectivity index (χ3v) is 5.90. The maximum atomic E-state index is 13.3. The summed E-state index contributed by atoms with van der Waals surface area (Å²) in [6, 6.07) is 4.20. The number of halogens is 7. The highest BCUT2D eigenvalue weighted by molar-refractivity contribution is 6.31. The number of fused-ring (bicyclic) bond motifs is 3. The second-order valence-corrected chi connectivity index (χ2v) is 8.42. The molecule has 1 amide bonds. The van der Waals surface area contributed by atoms with Crippen molar-refractivity contribution in [1.82, 2.24) is 19.9 Å². The van der Waals surface area contributed by atoms with Crippen LogP contribution in [0.2, 0.25) is 5.02 Å². The Morgan fingerprint density at radius 3 is 2.35 bits per heavy atom. The number of carbonyl (C=O) groups is 1. The van der Waals surface area contributed by atoms with E-state index in [-0.39, 0.29) is 19.4 Å². The maximum absolute atomic E-state index is 13.3. The topological polar surface area (TPSA) is 101 Å². The molecule has 34 heavy (non-hydrogen) atoms. The minimum absolute atomic E-state index is 0.00271. The number of aromatic nitrogens is 4. The molecule has 14 heteroatoms. The van der Waals surface area contributed by atoms with Gasteiger partial charge in [-0.05, 0) is 36.6 Å². The summed E-state index contributed by atoms with van der Waals surface area (Å²) in [6.45, 7) is 1.51. The van der Waals surface area contributed by atoms with Crippen LogP contribution in [-0.2, 0) is 23.6 Å². The van der Waals surface area contributed by atoms with Crippen molar-refractivity contribution in [3.05, 3.63) is 46.1 Å². The Bertz CT molecular complexity index is 1220. The molecule has 3 aromatic rings. The summed E-state index contributed by atoms with van der Waals surface area (Å²) in [5, 5.41) is 1.22. The molecule has 1 aliphatic rings. The van der Waals surface area contributed by atoms with Crippen molar-refractivity contribution in [2.45, 2.75) is 38.2 Å². The van der Waals surface area contributed by atoms with E-state index in [0.29, 0.717) is 16.2 Å². The first-order chi connectivity index (χ1) is 15.8. The maximum Gasteiger partial charge on any atom is 0.451 e. The van der Waals surface area contributed by atoms with Crippen molar-refractivity contribution in [3.8, 4) is 0 Å². The average molecular weight is 507 g/mol. The highest BCUT2D eigenvalue weighted by Gasteiger charge is 2.43. The lowest BCUT2D eigenvalue weighted by Crippen LogP contribution is -2.39. The van der Waals surface area contributed by atoms with E-state index in [1.54, 1.807) is 18.2 Å². The van der Waals surface area contributed by atoms with Crippen molar-refractivity contribution in [2.24, 2.45) is 11.7 Å². The third kappa shape index (κ3) is 4.48. The summed E-state index contributed by atoms with van der Waals surface area (Å²) >= 11 is 6.10. The standard InChI is InChI=1S/C20H17ClF6N6O/c1-8(15(28)34)6-13-14-10(11-7-9(21)2-3-12(11)29-14)4-5-33(13)18-31-16(19(22,23)24)30-17(32-18)20(25,26)27/h2-3,7-8,13,29H,4-6H2,1H3,(H2,28,34)/t8-,13?/m1/s1. The van der Waals surface area contributed by atoms with Crippen LogP contribution in [0, 0.1) is 5.92 Å². The number of primary amides is 1. The normalized spacial score (nSPS) is 17.6. The van der Waals surface area contributed by atoms with Crippen LogP contribution in [0.3, 0.4) is 0 Å². The van der Waals surface area contributed by atoms with E-state index in [1.165, 1.54) is 11.8 Å². The van der Waals surface area contributed by atoms with Crippen LogP contribution in [-0.4, -0.2) is 32.4 Å². The largest absolute Gasteiger partial charge is 0.451 e. The van der Waals surface area contributed by atoms with E-state index in [2.05, 4.69) is 19.9 Å². The number of amides is 1. The Kier molecular flexibility index (Phi) is 5.86. The molecule has 0 saturated carbocycles. The van der Waals surface area contributed by atoms with Gasteiger partial charge in [0.25, 0.3) is 0 Å². The predicted molar refractivity (Wildman–Crippen MR) is 110 cm³/mol. The van der Waals surface area contributed by atoms with Gasteiger partial charge in [-0.15, -0.1) is 0 Å². The molecule has 1 aromatic carbocycles. The van der Waals surface area contributed by atoms with E-state index < -0.39 is 47.8 Å². The molecule has 0 radical (unpaired) electrons. The lowest BCUT2D eigenvalue weighted by Gasteiger charge is -2.37. The van der Waals surface area contributed by atoms with Gasteiger partial charge in [0.15, 0.2) is 0 Å². The zero-order valence-electron chi connectivity index (χ0n) is 17.4. The van der Waals surface area contributed by atoms with Crippen molar-refractivity contribution in [2.75, 3.05) is 11.4 Å². The Balaban J connectivity index is 1.88. The molecule has 0 aliphatic carbocycles. The fourth-order valence-corrected chi connectivity index (χ4v) is 4.19. The quantitative estimate of drug-likeness (QED) is 0.501. The second kappa shape index (κ2) is 8.29. The number of alkyl halides is 6. The first kappa shape index (κ1) is 24.0. The van der Waals surface area contributed by atoms with Gasteiger partial charge in [0, 0.05) is 34.1 Å². The van der Waals surface area contributed by atoms with Gasteiger partial charge in [-0.1, -0.05) is 18.5 Å². The van der Waals surface area contributed by atoms with Crippen molar-refractivity contribution in [3.63, 3.8) is 0 Å². The Hall–Kier alpha value is -3.09.